The van der Waals surface area contributed by atoms with Crippen molar-refractivity contribution in [1.29, 1.82) is 0 Å². The SMILES string of the molecule is CC[C@@]12C#C[C@@H]3C=C[C@H](c4ccc(O)c(O[C@@H]5[C@@H](O)[C@H](O)CC[C@@H]5[C@H](Cc5ccc[nH]5)C5=CCNC(N)=C5)c4)C[C@@H](O)[C@H]3[C@@H](O)[C@@H](CCC1)CC2. The van der Waals surface area contributed by atoms with E-state index >= 15 is 0 Å². The number of hydrogen-bond donors (Lipinski definition) is 8. The number of phenols is 1. The maximum atomic E-state index is 11.8. The fourth-order valence-electron chi connectivity index (χ4n) is 9.68. The quantitative estimate of drug-likeness (QED) is 0.144. The van der Waals surface area contributed by atoms with Crippen LogP contribution in [0.4, 0.5) is 0 Å². The van der Waals surface area contributed by atoms with E-state index in [0.29, 0.717) is 38.0 Å². The number of hydrogen-bond acceptors (Lipinski definition) is 8. The van der Waals surface area contributed by atoms with Crippen LogP contribution in [-0.4, -0.2) is 67.6 Å². The summed E-state index contributed by atoms with van der Waals surface area (Å²) >= 11 is 0. The molecule has 5 aliphatic rings. The molecule has 9 N–H and O–H groups in total. The van der Waals surface area contributed by atoms with Gasteiger partial charge < -0.3 is 46.3 Å². The normalized spacial score (nSPS) is 37.0. The zero-order chi connectivity index (χ0) is 35.7. The molecule has 7 rings (SSSR count). The maximum Gasteiger partial charge on any atom is 0.161 e. The highest BCUT2D eigenvalue weighted by molar-refractivity contribution is 5.45. The van der Waals surface area contributed by atoms with Crippen LogP contribution < -0.4 is 15.8 Å². The van der Waals surface area contributed by atoms with E-state index < -0.39 is 30.5 Å². The minimum Gasteiger partial charge on any atom is -0.504 e. The van der Waals surface area contributed by atoms with Crippen molar-refractivity contribution in [1.82, 2.24) is 10.3 Å². The van der Waals surface area contributed by atoms with Crippen molar-refractivity contribution in [2.75, 3.05) is 6.54 Å². The molecule has 1 aromatic heterocycles. The lowest BCUT2D eigenvalue weighted by Gasteiger charge is -2.42. The van der Waals surface area contributed by atoms with Crippen molar-refractivity contribution in [2.24, 2.45) is 40.7 Å². The summed E-state index contributed by atoms with van der Waals surface area (Å²) in [5, 5.41) is 60.1. The molecule has 12 atom stereocenters. The number of ether oxygens (including phenoxy) is 1. The van der Waals surface area contributed by atoms with Gasteiger partial charge in [0, 0.05) is 47.5 Å². The third kappa shape index (κ3) is 7.48. The zero-order valence-electron chi connectivity index (χ0n) is 29.6. The first-order chi connectivity index (χ1) is 24.6. The molecular formula is C42H55N3O6. The predicted octanol–water partition coefficient (Wildman–Crippen LogP) is 4.78. The van der Waals surface area contributed by atoms with E-state index in [4.69, 9.17) is 10.5 Å². The molecule has 9 heteroatoms. The summed E-state index contributed by atoms with van der Waals surface area (Å²) < 4.78 is 6.60. The lowest BCUT2D eigenvalue weighted by Crippen LogP contribution is -2.52. The number of rotatable bonds is 8. The number of H-pyrrole nitrogens is 1. The standard InChI is InChI=1S/C42H55N3O6/c1-2-42-16-3-5-26(14-18-42)39(49)38-25(13-17-42)7-8-27(21-35(38)48)28-9-11-33(46)36(22-28)51-41-31(10-12-34(47)40(41)50)32(24-30-6-4-19-44-30)29-15-20-45-37(43)23-29/h4,6-9,11,15,19,22-23,25-27,31-32,34-35,38-41,44-50H,2-3,5,10,12,14,16,18,20-21,24,43H2,1H3/t25-,26-,27-,31+,32+,34+,35+,38-,39-,40-,41-,42-/m0/s1. The van der Waals surface area contributed by atoms with Crippen molar-refractivity contribution in [3.05, 3.63) is 83.5 Å². The molecule has 51 heavy (non-hydrogen) atoms. The van der Waals surface area contributed by atoms with Crippen LogP contribution in [0.2, 0.25) is 0 Å². The molecule has 0 saturated heterocycles. The average Bonchev–Trinajstić information content (AvgIpc) is 3.49. The number of aromatic hydroxyl groups is 1. The molecule has 0 unspecified atom stereocenters. The number of aliphatic hydroxyl groups excluding tert-OH is 4. The second-order valence-corrected chi connectivity index (χ2v) is 15.8. The predicted molar refractivity (Wildman–Crippen MR) is 196 cm³/mol. The topological polar surface area (TPSA) is 164 Å². The molecule has 1 aromatic carbocycles. The largest absolute Gasteiger partial charge is 0.504 e. The number of dihydropyridines is 1. The number of aromatic amines is 1. The average molecular weight is 698 g/mol. The maximum absolute atomic E-state index is 11.8. The van der Waals surface area contributed by atoms with Gasteiger partial charge in [-0.3, -0.25) is 0 Å². The molecule has 2 bridgehead atoms. The van der Waals surface area contributed by atoms with Crippen LogP contribution in [0.15, 0.2) is 72.2 Å². The Morgan fingerprint density at radius 1 is 1.02 bits per heavy atom. The Kier molecular flexibility index (Phi) is 10.6. The van der Waals surface area contributed by atoms with E-state index in [1.807, 2.05) is 30.5 Å². The van der Waals surface area contributed by atoms with Gasteiger partial charge in [0.15, 0.2) is 11.5 Å². The summed E-state index contributed by atoms with van der Waals surface area (Å²) in [6, 6.07) is 9.23. The Morgan fingerprint density at radius 2 is 1.88 bits per heavy atom. The smallest absolute Gasteiger partial charge is 0.161 e. The number of nitrogens with one attached hydrogen (secondary N) is 2. The number of aliphatic hydroxyl groups is 4. The fourth-order valence-corrected chi connectivity index (χ4v) is 9.68. The van der Waals surface area contributed by atoms with Crippen molar-refractivity contribution in [3.8, 4) is 23.3 Å². The van der Waals surface area contributed by atoms with Crippen LogP contribution >= 0.6 is 0 Å². The summed E-state index contributed by atoms with van der Waals surface area (Å²) in [6.07, 6.45) is 13.8. The highest BCUT2D eigenvalue weighted by Gasteiger charge is 2.45. The molecule has 2 aromatic rings. The second kappa shape index (κ2) is 15.1. The third-order valence-electron chi connectivity index (χ3n) is 12.8. The highest BCUT2D eigenvalue weighted by atomic mass is 16.5. The lowest BCUT2D eigenvalue weighted by atomic mass is 9.70. The molecule has 4 aliphatic carbocycles. The number of aromatic nitrogens is 1. The van der Waals surface area contributed by atoms with E-state index in [9.17, 15) is 25.5 Å². The number of benzene rings is 1. The minimum atomic E-state index is -1.17. The molecule has 274 valence electrons. The van der Waals surface area contributed by atoms with Crippen LogP contribution in [0.5, 0.6) is 11.5 Å². The van der Waals surface area contributed by atoms with Crippen LogP contribution in [-0.2, 0) is 6.42 Å². The number of fused-ring (bicyclic) bond motifs is 4. The summed E-state index contributed by atoms with van der Waals surface area (Å²) in [5.74, 6) is 6.92. The molecular weight excluding hydrogens is 642 g/mol. The molecule has 9 nitrogen and oxygen atoms in total. The van der Waals surface area contributed by atoms with E-state index in [-0.39, 0.29) is 52.4 Å². The van der Waals surface area contributed by atoms with Gasteiger partial charge in [-0.15, -0.1) is 0 Å². The van der Waals surface area contributed by atoms with Crippen LogP contribution in [0, 0.1) is 46.8 Å². The van der Waals surface area contributed by atoms with Gasteiger partial charge in [0.2, 0.25) is 0 Å². The van der Waals surface area contributed by atoms with Gasteiger partial charge in [0.1, 0.15) is 12.2 Å². The summed E-state index contributed by atoms with van der Waals surface area (Å²) in [7, 11) is 0. The number of nitrogens with two attached hydrogens (primary N) is 1. The lowest BCUT2D eigenvalue weighted by molar-refractivity contribution is -0.108. The van der Waals surface area contributed by atoms with Crippen molar-refractivity contribution in [3.63, 3.8) is 0 Å². The molecule has 1 aliphatic heterocycles. The Bertz CT molecular complexity index is 1670. The molecule has 0 amide bonds. The first-order valence-electron chi connectivity index (χ1n) is 19.1. The molecule has 2 fully saturated rings. The van der Waals surface area contributed by atoms with Crippen molar-refractivity contribution < 1.29 is 30.3 Å². The summed E-state index contributed by atoms with van der Waals surface area (Å²) in [5.41, 5.74) is 9.11. The number of phenolic OH excluding ortho intramolecular Hbond substituents is 1. The van der Waals surface area contributed by atoms with Gasteiger partial charge >= 0.3 is 0 Å². The Hall–Kier alpha value is -3.68. The van der Waals surface area contributed by atoms with E-state index in [0.717, 1.165) is 55.4 Å². The van der Waals surface area contributed by atoms with Crippen LogP contribution in [0.25, 0.3) is 0 Å². The van der Waals surface area contributed by atoms with E-state index in [1.165, 1.54) is 0 Å². The van der Waals surface area contributed by atoms with Crippen LogP contribution in [0.3, 0.4) is 0 Å². The zero-order valence-corrected chi connectivity index (χ0v) is 29.6. The summed E-state index contributed by atoms with van der Waals surface area (Å²) in [6.45, 7) is 2.81. The Morgan fingerprint density at radius 3 is 2.67 bits per heavy atom. The van der Waals surface area contributed by atoms with Crippen LogP contribution in [0.1, 0.15) is 81.9 Å². The molecule has 0 spiro atoms. The first kappa shape index (κ1) is 35.7. The highest BCUT2D eigenvalue weighted by Crippen LogP contribution is 2.46. The Balaban J connectivity index is 1.18. The fraction of sp³-hybridized carbons (Fsp3) is 0.571. The van der Waals surface area contributed by atoms with Gasteiger partial charge in [-0.2, -0.15) is 0 Å². The van der Waals surface area contributed by atoms with Gasteiger partial charge in [-0.05, 0) is 111 Å². The Labute approximate surface area is 301 Å². The van der Waals surface area contributed by atoms with E-state index in [1.54, 1.807) is 12.1 Å². The minimum absolute atomic E-state index is 0.0278. The number of allylic oxidation sites excluding steroid dienone is 4. The molecule has 0 radical (unpaired) electrons. The van der Waals surface area contributed by atoms with Gasteiger partial charge in [-0.25, -0.2) is 0 Å². The molecule has 2 saturated carbocycles. The van der Waals surface area contributed by atoms with Gasteiger partial charge in [-0.1, -0.05) is 49.5 Å². The van der Waals surface area contributed by atoms with Gasteiger partial charge in [0.05, 0.1) is 24.1 Å². The van der Waals surface area contributed by atoms with E-state index in [2.05, 4.69) is 47.3 Å². The first-order valence-corrected chi connectivity index (χ1v) is 19.1. The monoisotopic (exact) mass is 697 g/mol. The molecule has 2 heterocycles. The third-order valence-corrected chi connectivity index (χ3v) is 12.8. The van der Waals surface area contributed by atoms with Crippen molar-refractivity contribution in [2.45, 2.75) is 108 Å². The second-order valence-electron chi connectivity index (χ2n) is 15.8. The summed E-state index contributed by atoms with van der Waals surface area (Å²) in [4.78, 5) is 3.31. The van der Waals surface area contributed by atoms with Crippen molar-refractivity contribution >= 4 is 0 Å². The van der Waals surface area contributed by atoms with Gasteiger partial charge in [0.25, 0.3) is 0 Å².